The van der Waals surface area contributed by atoms with Gasteiger partial charge in [0.25, 0.3) is 0 Å². The molecule has 7 heteroatoms. The highest BCUT2D eigenvalue weighted by Crippen LogP contribution is 2.42. The third kappa shape index (κ3) is 5.62. The van der Waals surface area contributed by atoms with Gasteiger partial charge in [0.05, 0.1) is 11.6 Å². The molecule has 196 valence electrons. The van der Waals surface area contributed by atoms with Gasteiger partial charge >= 0.3 is 6.09 Å². The fraction of sp³-hybridized carbons (Fsp3) is 0.400. The molecule has 6 nitrogen and oxygen atoms in total. The van der Waals surface area contributed by atoms with Gasteiger partial charge < -0.3 is 14.7 Å². The first kappa shape index (κ1) is 26.6. The Kier molecular flexibility index (Phi) is 7.29. The smallest absolute Gasteiger partial charge is 0.411 e. The molecule has 0 aliphatic carbocycles. The van der Waals surface area contributed by atoms with Crippen LogP contribution in [0.3, 0.4) is 0 Å². The fourth-order valence-electron chi connectivity index (χ4n) is 5.38. The summed E-state index contributed by atoms with van der Waals surface area (Å²) in [4.78, 5) is 20.4. The number of hydrogen-bond donors (Lipinski definition) is 1. The van der Waals surface area contributed by atoms with Crippen molar-refractivity contribution in [1.29, 1.82) is 0 Å². The van der Waals surface area contributed by atoms with E-state index < -0.39 is 17.3 Å². The molecule has 0 bridgehead atoms. The molecule has 1 aliphatic rings. The Morgan fingerprint density at radius 1 is 1.08 bits per heavy atom. The molecule has 2 aromatic carbocycles. The molecule has 37 heavy (non-hydrogen) atoms. The highest BCUT2D eigenvalue weighted by Gasteiger charge is 2.46. The highest BCUT2D eigenvalue weighted by atomic mass is 19.1. The first-order chi connectivity index (χ1) is 17.4. The molecule has 1 amide bonds. The maximum Gasteiger partial charge on any atom is 0.411 e. The quantitative estimate of drug-likeness (QED) is 0.434. The van der Waals surface area contributed by atoms with E-state index in [4.69, 9.17) is 9.57 Å². The number of carbonyl (C=O) groups excluding carboxylic acids is 1. The average Bonchev–Trinajstić information content (AvgIpc) is 2.83. The Morgan fingerprint density at radius 2 is 1.68 bits per heavy atom. The van der Waals surface area contributed by atoms with Crippen LogP contribution in [0, 0.1) is 19.7 Å². The fourth-order valence-corrected chi connectivity index (χ4v) is 5.38. The number of aromatic nitrogens is 1. The largest absolute Gasteiger partial charge is 0.438 e. The minimum Gasteiger partial charge on any atom is -0.438 e. The Balaban J connectivity index is 1.54. The van der Waals surface area contributed by atoms with Crippen LogP contribution < -0.4 is 9.57 Å². The van der Waals surface area contributed by atoms with Gasteiger partial charge in [0, 0.05) is 50.1 Å². The van der Waals surface area contributed by atoms with Crippen LogP contribution in [0.15, 0.2) is 60.7 Å². The van der Waals surface area contributed by atoms with E-state index in [1.165, 1.54) is 12.1 Å². The summed E-state index contributed by atoms with van der Waals surface area (Å²) in [5.41, 5.74) is 3.75. The molecule has 4 rings (SSSR count). The van der Waals surface area contributed by atoms with Crippen molar-refractivity contribution in [1.82, 2.24) is 4.90 Å². The molecule has 0 saturated carbocycles. The monoisotopic (exact) mass is 507 g/mol. The predicted octanol–water partition coefficient (Wildman–Crippen LogP) is 5.42. The number of pyridine rings is 1. The van der Waals surface area contributed by atoms with Crippen molar-refractivity contribution in [2.75, 3.05) is 13.7 Å². The summed E-state index contributed by atoms with van der Waals surface area (Å²) in [5, 5.41) is 10.6. The molecule has 0 radical (unpaired) electrons. The van der Waals surface area contributed by atoms with E-state index in [2.05, 4.69) is 24.3 Å². The number of benzene rings is 2. The van der Waals surface area contributed by atoms with E-state index >= 15 is 0 Å². The minimum atomic E-state index is -1.07. The lowest BCUT2D eigenvalue weighted by Gasteiger charge is -2.45. The summed E-state index contributed by atoms with van der Waals surface area (Å²) in [6.07, 6.45) is 0.251. The molecule has 1 N–H and O–H groups in total. The van der Waals surface area contributed by atoms with Crippen molar-refractivity contribution in [2.24, 2.45) is 0 Å². The molecule has 1 aromatic heterocycles. The van der Waals surface area contributed by atoms with E-state index in [0.717, 1.165) is 28.1 Å². The summed E-state index contributed by atoms with van der Waals surface area (Å²) < 4.78 is 21.4. The summed E-state index contributed by atoms with van der Waals surface area (Å²) in [7, 11) is 1.65. The molecule has 0 unspecified atom stereocenters. The summed E-state index contributed by atoms with van der Waals surface area (Å²) in [6, 6.07) is 18.1. The van der Waals surface area contributed by atoms with E-state index in [1.807, 2.05) is 32.9 Å². The van der Waals surface area contributed by atoms with Gasteiger partial charge in [-0.1, -0.05) is 36.4 Å². The number of hydrogen-bond acceptors (Lipinski definition) is 4. The minimum absolute atomic E-state index is 0.204. The van der Waals surface area contributed by atoms with Gasteiger partial charge in [-0.2, -0.15) is 0 Å². The van der Waals surface area contributed by atoms with Crippen molar-refractivity contribution in [3.63, 3.8) is 0 Å². The number of cyclic esters (lactones) is 1. The summed E-state index contributed by atoms with van der Waals surface area (Å²) in [5.74, 6) is -0.360. The van der Waals surface area contributed by atoms with Crippen LogP contribution in [0.25, 0.3) is 11.1 Å². The number of nitrogens with zero attached hydrogens (tertiary/aromatic N) is 2. The van der Waals surface area contributed by atoms with Crippen LogP contribution >= 0.6 is 0 Å². The summed E-state index contributed by atoms with van der Waals surface area (Å²) in [6.45, 7) is 9.81. The van der Waals surface area contributed by atoms with Gasteiger partial charge in [-0.25, -0.2) is 9.18 Å². The van der Waals surface area contributed by atoms with Gasteiger partial charge in [0.1, 0.15) is 18.5 Å². The second kappa shape index (κ2) is 10.1. The normalized spacial score (nSPS) is 18.9. The Bertz CT molecular complexity index is 1250. The van der Waals surface area contributed by atoms with Gasteiger partial charge in [-0.15, -0.1) is 0 Å². The van der Waals surface area contributed by atoms with Gasteiger partial charge in [-0.3, -0.25) is 4.84 Å². The van der Waals surface area contributed by atoms with Crippen molar-refractivity contribution < 1.29 is 28.6 Å². The maximum atomic E-state index is 13.6. The number of ether oxygens (including phenoxy) is 1. The van der Waals surface area contributed by atoms with Crippen molar-refractivity contribution in [2.45, 2.75) is 64.7 Å². The lowest BCUT2D eigenvalue weighted by Crippen LogP contribution is -2.51. The van der Waals surface area contributed by atoms with E-state index in [0.29, 0.717) is 18.5 Å². The number of rotatable bonds is 7. The van der Waals surface area contributed by atoms with Gasteiger partial charge in [0.15, 0.2) is 0 Å². The third-order valence-corrected chi connectivity index (χ3v) is 7.11. The highest BCUT2D eigenvalue weighted by molar-refractivity contribution is 5.70. The van der Waals surface area contributed by atoms with Crippen LogP contribution in [-0.2, 0) is 10.3 Å². The third-order valence-electron chi connectivity index (χ3n) is 7.11. The van der Waals surface area contributed by atoms with Gasteiger partial charge in [-0.05, 0) is 55.2 Å². The average molecular weight is 508 g/mol. The molecular weight excluding hydrogens is 471 g/mol. The Morgan fingerprint density at radius 3 is 2.19 bits per heavy atom. The molecule has 1 saturated heterocycles. The van der Waals surface area contributed by atoms with Crippen LogP contribution in [0.2, 0.25) is 0 Å². The molecule has 1 fully saturated rings. The van der Waals surface area contributed by atoms with Crippen LogP contribution in [0.1, 0.15) is 62.2 Å². The molecule has 0 spiro atoms. The topological polar surface area (TPSA) is 62.9 Å². The second-order valence-electron chi connectivity index (χ2n) is 10.6. The van der Waals surface area contributed by atoms with Crippen molar-refractivity contribution in [3.8, 4) is 11.1 Å². The van der Waals surface area contributed by atoms with E-state index in [1.54, 1.807) is 42.7 Å². The number of halogens is 1. The van der Waals surface area contributed by atoms with Crippen molar-refractivity contribution >= 4 is 6.09 Å². The lowest BCUT2D eigenvalue weighted by atomic mass is 9.80. The number of aliphatic hydroxyl groups is 1. The Labute approximate surface area is 218 Å². The zero-order valence-corrected chi connectivity index (χ0v) is 22.4. The number of aryl methyl sites for hydroxylation is 2. The zero-order valence-electron chi connectivity index (χ0n) is 22.4. The predicted molar refractivity (Wildman–Crippen MR) is 139 cm³/mol. The van der Waals surface area contributed by atoms with Gasteiger partial charge in [0.2, 0.25) is 11.4 Å². The molecule has 2 heterocycles. The zero-order chi connectivity index (χ0) is 27.0. The van der Waals surface area contributed by atoms with Crippen LogP contribution in [0.5, 0.6) is 0 Å². The maximum absolute atomic E-state index is 13.6. The number of carbonyl (C=O) groups is 1. The lowest BCUT2D eigenvalue weighted by molar-refractivity contribution is -0.893. The Hall–Kier alpha value is -3.45. The van der Waals surface area contributed by atoms with Crippen molar-refractivity contribution in [3.05, 3.63) is 89.0 Å². The first-order valence-electron chi connectivity index (χ1n) is 12.6. The summed E-state index contributed by atoms with van der Waals surface area (Å²) >= 11 is 0. The van der Waals surface area contributed by atoms with Crippen LogP contribution in [0.4, 0.5) is 9.18 Å². The molecule has 1 aliphatic heterocycles. The first-order valence-corrected chi connectivity index (χ1v) is 12.6. The molecule has 2 atom stereocenters. The molecule has 3 aromatic rings. The SMILES string of the molecule is CO[n+]1c(C)cc(-c2ccc([C@H](C)N3CC[C@](CC(C)(C)O)(c4ccc(F)cc4)OC3=O)cc2)cc1C. The molecular formula is C30H36FN2O4+. The number of amides is 1. The van der Waals surface area contributed by atoms with E-state index in [-0.39, 0.29) is 18.3 Å². The van der Waals surface area contributed by atoms with Crippen LogP contribution in [-0.4, -0.2) is 35.4 Å². The standard InChI is InChI=1S/C30H36FN2O4/c1-20-17-25(18-21(2)33(20)36-6)24-9-7-23(8-10-24)22(3)32-16-15-30(37-28(32)34,19-29(4,5)35)26-11-13-27(31)14-12-26/h7-14,17-18,22,35H,15-16,19H2,1-6H3/q+1/t22-,30-/m0/s1. The van der Waals surface area contributed by atoms with E-state index in [9.17, 15) is 14.3 Å². The second-order valence-corrected chi connectivity index (χ2v) is 10.6.